The van der Waals surface area contributed by atoms with E-state index in [9.17, 15) is 22.8 Å². The lowest BCUT2D eigenvalue weighted by molar-refractivity contribution is -0.119. The van der Waals surface area contributed by atoms with Crippen LogP contribution >= 0.6 is 0 Å². The van der Waals surface area contributed by atoms with Crippen molar-refractivity contribution in [1.82, 2.24) is 4.90 Å². The van der Waals surface area contributed by atoms with Crippen LogP contribution in [-0.4, -0.2) is 36.9 Å². The minimum atomic E-state index is -1.66. The van der Waals surface area contributed by atoms with E-state index in [1.54, 1.807) is 6.07 Å². The van der Waals surface area contributed by atoms with Crippen LogP contribution in [0, 0.1) is 17.5 Å². The fraction of sp³-hybridized carbons (Fsp3) is 0.300. The van der Waals surface area contributed by atoms with Crippen LogP contribution < -0.4 is 10.6 Å². The highest BCUT2D eigenvalue weighted by molar-refractivity contribution is 5.95. The van der Waals surface area contributed by atoms with Gasteiger partial charge in [-0.05, 0) is 36.7 Å². The molecule has 8 heteroatoms. The highest BCUT2D eigenvalue weighted by Crippen LogP contribution is 2.23. The summed E-state index contributed by atoms with van der Waals surface area (Å²) in [4.78, 5) is 25.6. The van der Waals surface area contributed by atoms with Gasteiger partial charge in [0.15, 0.2) is 17.5 Å². The molecule has 0 aromatic heterocycles. The number of nitrogens with one attached hydrogen (secondary N) is 2. The number of rotatable bonds is 7. The number of hydrogen-bond donors (Lipinski definition) is 2. The number of halogens is 3. The number of anilines is 2. The van der Waals surface area contributed by atoms with Crippen molar-refractivity contribution in [3.8, 4) is 0 Å². The fourth-order valence-electron chi connectivity index (χ4n) is 2.66. The zero-order valence-corrected chi connectivity index (χ0v) is 15.9. The lowest BCUT2D eigenvalue weighted by atomic mass is 10.0. The normalized spacial score (nSPS) is 11.0. The van der Waals surface area contributed by atoms with E-state index in [1.807, 2.05) is 32.0 Å². The lowest BCUT2D eigenvalue weighted by Gasteiger charge is -2.18. The average molecular weight is 393 g/mol. The van der Waals surface area contributed by atoms with Gasteiger partial charge in [0.2, 0.25) is 11.8 Å². The summed E-state index contributed by atoms with van der Waals surface area (Å²) in [6.45, 7) is 3.70. The lowest BCUT2D eigenvalue weighted by Crippen LogP contribution is -2.36. The Labute approximate surface area is 161 Å². The van der Waals surface area contributed by atoms with Crippen LogP contribution in [0.15, 0.2) is 36.4 Å². The molecule has 0 unspecified atom stereocenters. The molecule has 150 valence electrons. The summed E-state index contributed by atoms with van der Waals surface area (Å²) < 4.78 is 39.7. The summed E-state index contributed by atoms with van der Waals surface area (Å²) in [7, 11) is 1.54. The monoisotopic (exact) mass is 393 g/mol. The largest absolute Gasteiger partial charge is 0.325 e. The van der Waals surface area contributed by atoms with Gasteiger partial charge in [-0.2, -0.15) is 0 Å². The van der Waals surface area contributed by atoms with E-state index in [0.29, 0.717) is 5.69 Å². The van der Waals surface area contributed by atoms with Crippen LogP contribution in [0.5, 0.6) is 0 Å². The van der Waals surface area contributed by atoms with Crippen molar-refractivity contribution < 1.29 is 22.8 Å². The first-order valence-corrected chi connectivity index (χ1v) is 8.69. The molecule has 2 aromatic rings. The van der Waals surface area contributed by atoms with Gasteiger partial charge >= 0.3 is 0 Å². The van der Waals surface area contributed by atoms with Gasteiger partial charge in [-0.25, -0.2) is 13.2 Å². The van der Waals surface area contributed by atoms with E-state index in [-0.39, 0.29) is 24.9 Å². The number of likely N-dealkylation sites (N-methyl/N-ethyl adjacent to an activating group) is 1. The summed E-state index contributed by atoms with van der Waals surface area (Å²) in [5.74, 6) is -5.23. The molecule has 2 aromatic carbocycles. The first-order chi connectivity index (χ1) is 13.2. The van der Waals surface area contributed by atoms with Crippen molar-refractivity contribution in [3.05, 3.63) is 59.4 Å². The van der Waals surface area contributed by atoms with Crippen LogP contribution in [0.25, 0.3) is 0 Å². The number of nitrogens with zero attached hydrogens (tertiary/aromatic N) is 1. The fourth-order valence-corrected chi connectivity index (χ4v) is 2.66. The summed E-state index contributed by atoms with van der Waals surface area (Å²) in [6.07, 6.45) is 0. The quantitative estimate of drug-likeness (QED) is 0.705. The Kier molecular flexibility index (Phi) is 7.17. The number of carbonyl (C=O) groups excluding carboxylic acids is 2. The SMILES string of the molecule is CC(C)c1ccccc1NC(=O)CN(C)CC(=O)Nc1ccc(F)c(F)c1F. The molecule has 0 bridgehead atoms. The van der Waals surface area contributed by atoms with Crippen LogP contribution in [0.4, 0.5) is 24.5 Å². The van der Waals surface area contributed by atoms with Gasteiger partial charge in [0.25, 0.3) is 0 Å². The molecule has 28 heavy (non-hydrogen) atoms. The van der Waals surface area contributed by atoms with Crippen molar-refractivity contribution in [2.75, 3.05) is 30.8 Å². The molecule has 0 fully saturated rings. The third kappa shape index (κ3) is 5.56. The minimum Gasteiger partial charge on any atom is -0.325 e. The van der Waals surface area contributed by atoms with Crippen LogP contribution in [0.1, 0.15) is 25.3 Å². The highest BCUT2D eigenvalue weighted by Gasteiger charge is 2.17. The molecule has 2 amide bonds. The molecule has 2 rings (SSSR count). The summed E-state index contributed by atoms with van der Waals surface area (Å²) in [5, 5.41) is 4.97. The molecule has 0 aliphatic heterocycles. The molecule has 0 aliphatic carbocycles. The smallest absolute Gasteiger partial charge is 0.238 e. The van der Waals surface area contributed by atoms with E-state index in [1.165, 1.54) is 11.9 Å². The number of benzene rings is 2. The Morgan fingerprint density at radius 2 is 1.46 bits per heavy atom. The van der Waals surface area contributed by atoms with E-state index in [0.717, 1.165) is 17.7 Å². The van der Waals surface area contributed by atoms with E-state index < -0.39 is 29.0 Å². The van der Waals surface area contributed by atoms with E-state index in [4.69, 9.17) is 0 Å². The molecule has 0 saturated heterocycles. The molecular formula is C20H22F3N3O2. The Morgan fingerprint density at radius 1 is 0.893 bits per heavy atom. The van der Waals surface area contributed by atoms with Gasteiger partial charge in [0.1, 0.15) is 0 Å². The van der Waals surface area contributed by atoms with Crippen molar-refractivity contribution in [3.63, 3.8) is 0 Å². The molecule has 0 radical (unpaired) electrons. The van der Waals surface area contributed by atoms with Gasteiger partial charge in [0.05, 0.1) is 18.8 Å². The van der Waals surface area contributed by atoms with E-state index >= 15 is 0 Å². The van der Waals surface area contributed by atoms with Gasteiger partial charge in [0, 0.05) is 5.69 Å². The average Bonchev–Trinajstić information content (AvgIpc) is 2.62. The third-order valence-electron chi connectivity index (χ3n) is 3.99. The molecule has 0 spiro atoms. The minimum absolute atomic E-state index is 0.0832. The second-order valence-electron chi connectivity index (χ2n) is 6.73. The Bertz CT molecular complexity index is 872. The molecule has 0 aliphatic rings. The van der Waals surface area contributed by atoms with Crippen molar-refractivity contribution in [1.29, 1.82) is 0 Å². The predicted molar refractivity (Wildman–Crippen MR) is 102 cm³/mol. The molecule has 2 N–H and O–H groups in total. The van der Waals surface area contributed by atoms with Gasteiger partial charge in [-0.1, -0.05) is 32.0 Å². The van der Waals surface area contributed by atoms with Crippen LogP contribution in [-0.2, 0) is 9.59 Å². The number of para-hydroxylation sites is 1. The highest BCUT2D eigenvalue weighted by atomic mass is 19.2. The van der Waals surface area contributed by atoms with Crippen LogP contribution in [0.3, 0.4) is 0 Å². The number of carbonyl (C=O) groups is 2. The number of amides is 2. The molecule has 0 atom stereocenters. The summed E-state index contributed by atoms with van der Waals surface area (Å²) in [5.41, 5.74) is 1.22. The predicted octanol–water partition coefficient (Wildman–Crippen LogP) is 3.74. The van der Waals surface area contributed by atoms with E-state index in [2.05, 4.69) is 10.6 Å². The van der Waals surface area contributed by atoms with Gasteiger partial charge < -0.3 is 10.6 Å². The third-order valence-corrected chi connectivity index (χ3v) is 3.99. The van der Waals surface area contributed by atoms with Crippen molar-refractivity contribution >= 4 is 23.2 Å². The van der Waals surface area contributed by atoms with Crippen molar-refractivity contribution in [2.24, 2.45) is 0 Å². The summed E-state index contributed by atoms with van der Waals surface area (Å²) in [6, 6.07) is 9.08. The molecule has 0 saturated carbocycles. The van der Waals surface area contributed by atoms with Crippen molar-refractivity contribution in [2.45, 2.75) is 19.8 Å². The van der Waals surface area contributed by atoms with Crippen LogP contribution in [0.2, 0.25) is 0 Å². The second-order valence-corrected chi connectivity index (χ2v) is 6.73. The maximum Gasteiger partial charge on any atom is 0.238 e. The zero-order valence-electron chi connectivity index (χ0n) is 15.9. The Morgan fingerprint density at radius 3 is 2.07 bits per heavy atom. The number of hydrogen-bond acceptors (Lipinski definition) is 3. The standard InChI is InChI=1S/C20H22F3N3O2/c1-12(2)13-6-4-5-7-15(13)24-17(27)10-26(3)11-18(28)25-16-9-8-14(21)19(22)20(16)23/h4-9,12H,10-11H2,1-3H3,(H,24,27)(H,25,28). The Balaban J connectivity index is 1.91. The van der Waals surface area contributed by atoms with Gasteiger partial charge in [-0.15, -0.1) is 0 Å². The molecule has 5 nitrogen and oxygen atoms in total. The second kappa shape index (κ2) is 9.36. The Hall–Kier alpha value is -2.87. The topological polar surface area (TPSA) is 61.4 Å². The molecule has 0 heterocycles. The maximum atomic E-state index is 13.6. The van der Waals surface area contributed by atoms with Gasteiger partial charge in [-0.3, -0.25) is 14.5 Å². The first-order valence-electron chi connectivity index (χ1n) is 8.69. The zero-order chi connectivity index (χ0) is 20.8. The maximum absolute atomic E-state index is 13.6. The first kappa shape index (κ1) is 21.4. The molecular weight excluding hydrogens is 371 g/mol. The summed E-state index contributed by atoms with van der Waals surface area (Å²) >= 11 is 0.